The summed E-state index contributed by atoms with van der Waals surface area (Å²) in [6, 6.07) is 7.72. The molecular weight excluding hydrogens is 338 g/mol. The average Bonchev–Trinajstić information content (AvgIpc) is 3.01. The zero-order valence-electron chi connectivity index (χ0n) is 12.6. The highest BCUT2D eigenvalue weighted by Gasteiger charge is 2.24. The number of fused-ring (bicyclic) bond motifs is 1. The molecular formula is C16H12ClNO6. The highest BCUT2D eigenvalue weighted by atomic mass is 35.5. The minimum atomic E-state index is -0.779. The van der Waals surface area contributed by atoms with Gasteiger partial charge in [-0.15, -0.1) is 0 Å². The van der Waals surface area contributed by atoms with Crippen LogP contribution in [0.1, 0.15) is 21.5 Å². The lowest BCUT2D eigenvalue weighted by atomic mass is 10.1. The third-order valence-electron chi connectivity index (χ3n) is 3.50. The van der Waals surface area contributed by atoms with Crippen LogP contribution in [0, 0.1) is 17.0 Å². The van der Waals surface area contributed by atoms with Crippen molar-refractivity contribution in [2.45, 2.75) is 13.5 Å². The van der Waals surface area contributed by atoms with Gasteiger partial charge in [-0.3, -0.25) is 10.1 Å². The summed E-state index contributed by atoms with van der Waals surface area (Å²) in [5.74, 6) is 0.135. The molecule has 1 aliphatic heterocycles. The largest absolute Gasteiger partial charge is 0.457 e. The number of rotatable bonds is 4. The van der Waals surface area contributed by atoms with E-state index in [4.69, 9.17) is 25.8 Å². The Labute approximate surface area is 141 Å². The number of ether oxygens (including phenoxy) is 3. The summed E-state index contributed by atoms with van der Waals surface area (Å²) >= 11 is 6.06. The van der Waals surface area contributed by atoms with Gasteiger partial charge in [-0.1, -0.05) is 23.7 Å². The van der Waals surface area contributed by atoms with Crippen LogP contribution < -0.4 is 9.47 Å². The van der Waals surface area contributed by atoms with E-state index in [9.17, 15) is 14.9 Å². The Morgan fingerprint density at radius 2 is 2.17 bits per heavy atom. The number of halogens is 1. The lowest BCUT2D eigenvalue weighted by Crippen LogP contribution is -2.09. The zero-order chi connectivity index (χ0) is 17.3. The molecule has 1 heterocycles. The van der Waals surface area contributed by atoms with Crippen LogP contribution in [0.2, 0.25) is 5.02 Å². The van der Waals surface area contributed by atoms with Crippen molar-refractivity contribution in [1.82, 2.24) is 0 Å². The Kier molecular flexibility index (Phi) is 4.26. The molecule has 8 heteroatoms. The molecule has 0 saturated heterocycles. The van der Waals surface area contributed by atoms with Gasteiger partial charge in [-0.2, -0.15) is 0 Å². The topological polar surface area (TPSA) is 87.9 Å². The van der Waals surface area contributed by atoms with Crippen LogP contribution in [0.25, 0.3) is 0 Å². The van der Waals surface area contributed by atoms with Crippen LogP contribution in [-0.2, 0) is 11.3 Å². The fraction of sp³-hybridized carbons (Fsp3) is 0.188. The first-order chi connectivity index (χ1) is 11.5. The maximum absolute atomic E-state index is 12.2. The Morgan fingerprint density at radius 1 is 1.38 bits per heavy atom. The van der Waals surface area contributed by atoms with Crippen LogP contribution in [-0.4, -0.2) is 17.7 Å². The number of carbonyl (C=O) groups is 1. The molecule has 0 N–H and O–H groups in total. The molecule has 0 amide bonds. The van der Waals surface area contributed by atoms with Crippen molar-refractivity contribution in [3.63, 3.8) is 0 Å². The summed E-state index contributed by atoms with van der Waals surface area (Å²) in [4.78, 5) is 22.7. The van der Waals surface area contributed by atoms with Crippen LogP contribution in [0.5, 0.6) is 11.5 Å². The standard InChI is InChI=1S/C16H12ClNO6/c1-9-3-2-4-11(14(9)18(20)21)16(19)22-7-10-5-12(17)15-13(6-10)23-8-24-15/h2-6H,7-8H2,1H3. The van der Waals surface area contributed by atoms with Gasteiger partial charge in [0.2, 0.25) is 6.79 Å². The Morgan fingerprint density at radius 3 is 2.92 bits per heavy atom. The number of para-hydroxylation sites is 1. The van der Waals surface area contributed by atoms with E-state index in [1.807, 2.05) is 0 Å². The van der Waals surface area contributed by atoms with Crippen molar-refractivity contribution in [2.24, 2.45) is 0 Å². The first-order valence-corrected chi connectivity index (χ1v) is 7.34. The van der Waals surface area contributed by atoms with Crippen LogP contribution >= 0.6 is 11.6 Å². The zero-order valence-corrected chi connectivity index (χ0v) is 13.3. The number of esters is 1. The number of nitrogens with zero attached hydrogens (tertiary/aromatic N) is 1. The Bertz CT molecular complexity index is 836. The number of carbonyl (C=O) groups excluding carboxylic acids is 1. The van der Waals surface area contributed by atoms with E-state index in [1.54, 1.807) is 31.2 Å². The van der Waals surface area contributed by atoms with E-state index in [1.165, 1.54) is 6.07 Å². The lowest BCUT2D eigenvalue weighted by molar-refractivity contribution is -0.385. The molecule has 0 unspecified atom stereocenters. The van der Waals surface area contributed by atoms with Crippen LogP contribution in [0.3, 0.4) is 0 Å². The highest BCUT2D eigenvalue weighted by molar-refractivity contribution is 6.32. The second kappa shape index (κ2) is 6.37. The second-order valence-electron chi connectivity index (χ2n) is 5.12. The number of nitro benzene ring substituents is 1. The van der Waals surface area contributed by atoms with Crippen LogP contribution in [0.4, 0.5) is 5.69 Å². The van der Waals surface area contributed by atoms with E-state index >= 15 is 0 Å². The molecule has 0 aliphatic carbocycles. The van der Waals surface area contributed by atoms with Gasteiger partial charge in [0.25, 0.3) is 5.69 Å². The summed E-state index contributed by atoms with van der Waals surface area (Å²) in [6.07, 6.45) is 0. The van der Waals surface area contributed by atoms with E-state index in [0.717, 1.165) is 0 Å². The summed E-state index contributed by atoms with van der Waals surface area (Å²) in [5, 5.41) is 11.5. The molecule has 124 valence electrons. The molecule has 0 radical (unpaired) electrons. The first kappa shape index (κ1) is 16.1. The number of hydrogen-bond acceptors (Lipinski definition) is 6. The molecule has 0 fully saturated rings. The molecule has 0 saturated carbocycles. The fourth-order valence-electron chi connectivity index (χ4n) is 2.40. The van der Waals surface area contributed by atoms with Crippen molar-refractivity contribution in [3.8, 4) is 11.5 Å². The molecule has 24 heavy (non-hydrogen) atoms. The van der Waals surface area contributed by atoms with Gasteiger partial charge < -0.3 is 14.2 Å². The van der Waals surface area contributed by atoms with E-state index < -0.39 is 10.9 Å². The summed E-state index contributed by atoms with van der Waals surface area (Å²) in [7, 11) is 0. The maximum atomic E-state index is 12.2. The number of aryl methyl sites for hydroxylation is 1. The third kappa shape index (κ3) is 2.98. The van der Waals surface area contributed by atoms with Crippen molar-refractivity contribution in [1.29, 1.82) is 0 Å². The Hall–Kier alpha value is -2.80. The van der Waals surface area contributed by atoms with Crippen molar-refractivity contribution in [3.05, 3.63) is 62.2 Å². The minimum absolute atomic E-state index is 0.0772. The molecule has 7 nitrogen and oxygen atoms in total. The van der Waals surface area contributed by atoms with Crippen LogP contribution in [0.15, 0.2) is 30.3 Å². The normalized spacial score (nSPS) is 12.1. The smallest absolute Gasteiger partial charge is 0.345 e. The molecule has 0 bridgehead atoms. The molecule has 0 spiro atoms. The molecule has 3 rings (SSSR count). The predicted octanol–water partition coefficient (Wildman–Crippen LogP) is 3.64. The van der Waals surface area contributed by atoms with Gasteiger partial charge in [0.1, 0.15) is 12.2 Å². The molecule has 1 aliphatic rings. The van der Waals surface area contributed by atoms with E-state index in [2.05, 4.69) is 0 Å². The van der Waals surface area contributed by atoms with Gasteiger partial charge in [0, 0.05) is 5.56 Å². The summed E-state index contributed by atoms with van der Waals surface area (Å²) in [5.41, 5.74) is 0.631. The van der Waals surface area contributed by atoms with Gasteiger partial charge in [-0.05, 0) is 30.7 Å². The number of nitro groups is 1. The van der Waals surface area contributed by atoms with E-state index in [0.29, 0.717) is 27.6 Å². The minimum Gasteiger partial charge on any atom is -0.457 e. The monoisotopic (exact) mass is 349 g/mol. The maximum Gasteiger partial charge on any atom is 0.345 e. The Balaban J connectivity index is 1.79. The first-order valence-electron chi connectivity index (χ1n) is 6.96. The third-order valence-corrected chi connectivity index (χ3v) is 3.78. The molecule has 2 aromatic rings. The van der Waals surface area contributed by atoms with Gasteiger partial charge in [0.15, 0.2) is 11.5 Å². The SMILES string of the molecule is Cc1cccc(C(=O)OCc2cc(Cl)c3c(c2)OCO3)c1[N+](=O)[O-]. The summed E-state index contributed by atoms with van der Waals surface area (Å²) < 4.78 is 15.6. The van der Waals surface area contributed by atoms with Gasteiger partial charge in [-0.25, -0.2) is 4.79 Å². The summed E-state index contributed by atoms with van der Waals surface area (Å²) in [6.45, 7) is 1.54. The van der Waals surface area contributed by atoms with Gasteiger partial charge in [0.05, 0.1) is 9.95 Å². The average molecular weight is 350 g/mol. The lowest BCUT2D eigenvalue weighted by Gasteiger charge is -2.08. The van der Waals surface area contributed by atoms with Gasteiger partial charge >= 0.3 is 5.97 Å². The quantitative estimate of drug-likeness (QED) is 0.475. The predicted molar refractivity (Wildman–Crippen MR) is 84.5 cm³/mol. The second-order valence-corrected chi connectivity index (χ2v) is 5.52. The highest BCUT2D eigenvalue weighted by Crippen LogP contribution is 2.40. The van der Waals surface area contributed by atoms with Crippen molar-refractivity contribution in [2.75, 3.05) is 6.79 Å². The molecule has 0 atom stereocenters. The molecule has 2 aromatic carbocycles. The van der Waals surface area contributed by atoms with E-state index in [-0.39, 0.29) is 24.7 Å². The van der Waals surface area contributed by atoms with Crippen molar-refractivity contribution >= 4 is 23.3 Å². The number of benzene rings is 2. The number of hydrogen-bond donors (Lipinski definition) is 0. The van der Waals surface area contributed by atoms with Crippen molar-refractivity contribution < 1.29 is 23.9 Å². The molecule has 0 aromatic heterocycles. The fourth-order valence-corrected chi connectivity index (χ4v) is 2.68.